The van der Waals surface area contributed by atoms with Gasteiger partial charge in [-0.3, -0.25) is 9.59 Å². The van der Waals surface area contributed by atoms with E-state index in [1.807, 2.05) is 87.4 Å². The molecule has 6 nitrogen and oxygen atoms in total. The average Bonchev–Trinajstić information content (AvgIpc) is 3.37. The Balaban J connectivity index is 1.26. The Bertz CT molecular complexity index is 1210. The van der Waals surface area contributed by atoms with Crippen molar-refractivity contribution in [2.24, 2.45) is 11.8 Å². The number of carbonyl (C=O) groups excluding carboxylic acids is 2. The molecule has 0 saturated carbocycles. The standard InChI is InChI=1S/C30H34N4O2/c1-23-9-8-18-33(21-23)30(36)25-16-19-32(20-17-25)28(35)15-14-26-22-34(27-12-6-3-7-13-27)31-29(26)24-10-4-2-5-11-24/h2-7,10-15,22-23,25H,8-9,16-21H2,1H3/b15-14+. The molecule has 3 heterocycles. The lowest BCUT2D eigenvalue weighted by molar-refractivity contribution is -0.140. The number of piperidine rings is 2. The summed E-state index contributed by atoms with van der Waals surface area (Å²) in [6.45, 7) is 5.22. The van der Waals surface area contributed by atoms with Crippen LogP contribution in [-0.4, -0.2) is 57.6 Å². The van der Waals surface area contributed by atoms with Gasteiger partial charge >= 0.3 is 0 Å². The van der Waals surface area contributed by atoms with Gasteiger partial charge in [0.15, 0.2) is 0 Å². The number of hydrogen-bond acceptors (Lipinski definition) is 3. The SMILES string of the molecule is CC1CCCN(C(=O)C2CCN(C(=O)/C=C/c3cn(-c4ccccc4)nc3-c3ccccc3)CC2)C1. The van der Waals surface area contributed by atoms with Crippen molar-refractivity contribution in [1.82, 2.24) is 19.6 Å². The molecule has 2 amide bonds. The number of carbonyl (C=O) groups is 2. The fraction of sp³-hybridized carbons (Fsp3) is 0.367. The smallest absolute Gasteiger partial charge is 0.246 e. The van der Waals surface area contributed by atoms with E-state index in [1.54, 1.807) is 6.08 Å². The number of amides is 2. The highest BCUT2D eigenvalue weighted by Gasteiger charge is 2.31. The molecular weight excluding hydrogens is 448 g/mol. The first kappa shape index (κ1) is 24.0. The molecular formula is C30H34N4O2. The van der Waals surface area contributed by atoms with Crippen LogP contribution in [-0.2, 0) is 9.59 Å². The zero-order valence-electron chi connectivity index (χ0n) is 20.9. The minimum absolute atomic E-state index is 0.0148. The van der Waals surface area contributed by atoms with Gasteiger partial charge in [-0.15, -0.1) is 0 Å². The number of nitrogens with zero attached hydrogens (tertiary/aromatic N) is 4. The van der Waals surface area contributed by atoms with Crippen LogP contribution in [0.15, 0.2) is 72.9 Å². The van der Waals surface area contributed by atoms with Gasteiger partial charge in [0, 0.05) is 55.5 Å². The number of para-hydroxylation sites is 1. The molecule has 0 radical (unpaired) electrons. The lowest BCUT2D eigenvalue weighted by Gasteiger charge is -2.37. The van der Waals surface area contributed by atoms with Crippen molar-refractivity contribution in [2.45, 2.75) is 32.6 Å². The topological polar surface area (TPSA) is 58.4 Å². The van der Waals surface area contributed by atoms with Gasteiger partial charge in [-0.25, -0.2) is 4.68 Å². The number of aromatic nitrogens is 2. The number of benzene rings is 2. The number of likely N-dealkylation sites (tertiary alicyclic amines) is 2. The molecule has 0 aliphatic carbocycles. The van der Waals surface area contributed by atoms with Gasteiger partial charge in [0.2, 0.25) is 11.8 Å². The van der Waals surface area contributed by atoms with Crippen molar-refractivity contribution >= 4 is 17.9 Å². The first-order chi connectivity index (χ1) is 17.6. The van der Waals surface area contributed by atoms with Crippen LogP contribution >= 0.6 is 0 Å². The first-order valence-corrected chi connectivity index (χ1v) is 13.0. The Labute approximate surface area is 213 Å². The molecule has 2 fully saturated rings. The van der Waals surface area contributed by atoms with Gasteiger partial charge in [0.25, 0.3) is 0 Å². The van der Waals surface area contributed by atoms with Crippen LogP contribution in [0, 0.1) is 11.8 Å². The van der Waals surface area contributed by atoms with E-state index >= 15 is 0 Å². The third-order valence-electron chi connectivity index (χ3n) is 7.34. The molecule has 0 N–H and O–H groups in total. The van der Waals surface area contributed by atoms with E-state index in [0.29, 0.717) is 19.0 Å². The Morgan fingerprint density at radius 2 is 1.58 bits per heavy atom. The molecule has 1 atom stereocenters. The van der Waals surface area contributed by atoms with E-state index in [1.165, 1.54) is 6.42 Å². The fourth-order valence-electron chi connectivity index (χ4n) is 5.30. The molecule has 2 saturated heterocycles. The van der Waals surface area contributed by atoms with E-state index in [4.69, 9.17) is 5.10 Å². The monoisotopic (exact) mass is 482 g/mol. The van der Waals surface area contributed by atoms with Gasteiger partial charge in [-0.2, -0.15) is 5.10 Å². The molecule has 0 spiro atoms. The van der Waals surface area contributed by atoms with Crippen LogP contribution in [0.5, 0.6) is 0 Å². The van der Waals surface area contributed by atoms with Crippen molar-refractivity contribution in [3.05, 3.63) is 78.5 Å². The molecule has 1 aromatic heterocycles. The first-order valence-electron chi connectivity index (χ1n) is 13.0. The van der Waals surface area contributed by atoms with Gasteiger partial charge in [-0.05, 0) is 49.8 Å². The van der Waals surface area contributed by atoms with Crippen molar-refractivity contribution < 1.29 is 9.59 Å². The van der Waals surface area contributed by atoms with Crippen molar-refractivity contribution in [3.8, 4) is 16.9 Å². The van der Waals surface area contributed by atoms with Crippen LogP contribution < -0.4 is 0 Å². The Kier molecular flexibility index (Phi) is 7.31. The largest absolute Gasteiger partial charge is 0.342 e. The normalized spacial score (nSPS) is 19.1. The van der Waals surface area contributed by atoms with Gasteiger partial charge < -0.3 is 9.80 Å². The Hall–Kier alpha value is -3.67. The molecule has 5 rings (SSSR count). The predicted octanol–water partition coefficient (Wildman–Crippen LogP) is 5.05. The third-order valence-corrected chi connectivity index (χ3v) is 7.34. The molecule has 2 aromatic carbocycles. The lowest BCUT2D eigenvalue weighted by atomic mass is 9.92. The summed E-state index contributed by atoms with van der Waals surface area (Å²) in [5.41, 5.74) is 3.70. The molecule has 3 aromatic rings. The Morgan fingerprint density at radius 3 is 2.28 bits per heavy atom. The summed E-state index contributed by atoms with van der Waals surface area (Å²) in [6, 6.07) is 20.0. The molecule has 186 valence electrons. The van der Waals surface area contributed by atoms with E-state index in [-0.39, 0.29) is 17.7 Å². The summed E-state index contributed by atoms with van der Waals surface area (Å²) in [5, 5.41) is 4.82. The number of rotatable bonds is 5. The van der Waals surface area contributed by atoms with E-state index in [9.17, 15) is 9.59 Å². The van der Waals surface area contributed by atoms with E-state index < -0.39 is 0 Å². The van der Waals surface area contributed by atoms with Crippen LogP contribution in [0.25, 0.3) is 23.0 Å². The van der Waals surface area contributed by atoms with Crippen molar-refractivity contribution in [3.63, 3.8) is 0 Å². The molecule has 1 unspecified atom stereocenters. The summed E-state index contributed by atoms with van der Waals surface area (Å²) in [5.74, 6) is 0.891. The molecule has 6 heteroatoms. The van der Waals surface area contributed by atoms with Crippen LogP contribution in [0.4, 0.5) is 0 Å². The molecule has 36 heavy (non-hydrogen) atoms. The minimum atomic E-state index is -0.0148. The highest BCUT2D eigenvalue weighted by molar-refractivity contribution is 5.93. The molecule has 2 aliphatic heterocycles. The number of hydrogen-bond donors (Lipinski definition) is 0. The summed E-state index contributed by atoms with van der Waals surface area (Å²) < 4.78 is 1.85. The van der Waals surface area contributed by atoms with Crippen molar-refractivity contribution in [2.75, 3.05) is 26.2 Å². The Morgan fingerprint density at radius 1 is 0.889 bits per heavy atom. The van der Waals surface area contributed by atoms with Crippen LogP contribution in [0.1, 0.15) is 38.2 Å². The van der Waals surface area contributed by atoms with Crippen LogP contribution in [0.2, 0.25) is 0 Å². The zero-order valence-corrected chi connectivity index (χ0v) is 20.9. The predicted molar refractivity (Wildman–Crippen MR) is 142 cm³/mol. The maximum atomic E-state index is 13.0. The lowest BCUT2D eigenvalue weighted by Crippen LogP contribution is -2.46. The summed E-state index contributed by atoms with van der Waals surface area (Å²) in [7, 11) is 0. The van der Waals surface area contributed by atoms with Gasteiger partial charge in [0.05, 0.1) is 11.4 Å². The van der Waals surface area contributed by atoms with Gasteiger partial charge in [-0.1, -0.05) is 55.5 Å². The van der Waals surface area contributed by atoms with E-state index in [0.717, 1.165) is 54.9 Å². The highest BCUT2D eigenvalue weighted by Crippen LogP contribution is 2.26. The second kappa shape index (κ2) is 10.9. The average molecular weight is 483 g/mol. The van der Waals surface area contributed by atoms with Crippen LogP contribution in [0.3, 0.4) is 0 Å². The zero-order chi connectivity index (χ0) is 24.9. The second-order valence-corrected chi connectivity index (χ2v) is 10.0. The second-order valence-electron chi connectivity index (χ2n) is 10.0. The molecule has 2 aliphatic rings. The third kappa shape index (κ3) is 5.43. The van der Waals surface area contributed by atoms with Crippen molar-refractivity contribution in [1.29, 1.82) is 0 Å². The maximum Gasteiger partial charge on any atom is 0.246 e. The molecule has 0 bridgehead atoms. The van der Waals surface area contributed by atoms with E-state index in [2.05, 4.69) is 6.92 Å². The quantitative estimate of drug-likeness (QED) is 0.478. The summed E-state index contributed by atoms with van der Waals surface area (Å²) in [6.07, 6.45) is 9.26. The van der Waals surface area contributed by atoms with Gasteiger partial charge in [0.1, 0.15) is 0 Å². The summed E-state index contributed by atoms with van der Waals surface area (Å²) >= 11 is 0. The maximum absolute atomic E-state index is 13.0. The fourth-order valence-corrected chi connectivity index (χ4v) is 5.30. The highest BCUT2D eigenvalue weighted by atomic mass is 16.2. The summed E-state index contributed by atoms with van der Waals surface area (Å²) in [4.78, 5) is 29.9. The minimum Gasteiger partial charge on any atom is -0.342 e.